The first kappa shape index (κ1) is 13.9. The number of hydrogen-bond donors (Lipinski definition) is 2. The summed E-state index contributed by atoms with van der Waals surface area (Å²) in [4.78, 5) is 0. The zero-order valence-electron chi connectivity index (χ0n) is 10.2. The highest BCUT2D eigenvalue weighted by atomic mass is 19.1. The van der Waals surface area contributed by atoms with Gasteiger partial charge in [-0.15, -0.1) is 0 Å². The molecule has 0 radical (unpaired) electrons. The maximum Gasteiger partial charge on any atom is 0.165 e. The van der Waals surface area contributed by atoms with Crippen LogP contribution in [-0.2, 0) is 0 Å². The monoisotopic (exact) mass is 241 g/mol. The highest BCUT2D eigenvalue weighted by Gasteiger charge is 2.07. The molecule has 1 unspecified atom stereocenters. The second-order valence-electron chi connectivity index (χ2n) is 3.90. The molecule has 0 amide bonds. The van der Waals surface area contributed by atoms with E-state index >= 15 is 0 Å². The van der Waals surface area contributed by atoms with Crippen molar-refractivity contribution >= 4 is 0 Å². The third-order valence-electron chi connectivity index (χ3n) is 2.46. The van der Waals surface area contributed by atoms with Gasteiger partial charge in [-0.05, 0) is 31.5 Å². The van der Waals surface area contributed by atoms with Gasteiger partial charge < -0.3 is 15.2 Å². The number of benzene rings is 1. The van der Waals surface area contributed by atoms with Crippen molar-refractivity contribution in [2.24, 2.45) is 0 Å². The van der Waals surface area contributed by atoms with E-state index < -0.39 is 0 Å². The minimum Gasteiger partial charge on any atom is -0.490 e. The number of hydrogen-bond acceptors (Lipinski definition) is 3. The molecule has 0 aliphatic carbocycles. The number of ether oxygens (including phenoxy) is 1. The van der Waals surface area contributed by atoms with Crippen molar-refractivity contribution in [2.75, 3.05) is 19.8 Å². The summed E-state index contributed by atoms with van der Waals surface area (Å²) in [5.74, 6) is -0.0887. The molecule has 1 aromatic rings. The van der Waals surface area contributed by atoms with E-state index in [1.54, 1.807) is 18.2 Å². The Hall–Kier alpha value is -1.13. The van der Waals surface area contributed by atoms with Crippen LogP contribution >= 0.6 is 0 Å². The average Bonchev–Trinajstić information content (AvgIpc) is 2.35. The Morgan fingerprint density at radius 2 is 2.18 bits per heavy atom. The summed E-state index contributed by atoms with van der Waals surface area (Å²) in [5, 5.41) is 12.3. The Morgan fingerprint density at radius 1 is 1.41 bits per heavy atom. The van der Waals surface area contributed by atoms with Gasteiger partial charge in [0, 0.05) is 6.04 Å². The van der Waals surface area contributed by atoms with Crippen LogP contribution in [0.15, 0.2) is 24.3 Å². The lowest BCUT2D eigenvalue weighted by Crippen LogP contribution is -2.34. The summed E-state index contributed by atoms with van der Waals surface area (Å²) < 4.78 is 18.5. The van der Waals surface area contributed by atoms with Crippen LogP contribution in [-0.4, -0.2) is 30.9 Å². The van der Waals surface area contributed by atoms with Crippen molar-refractivity contribution in [3.8, 4) is 5.75 Å². The molecular weight excluding hydrogens is 221 g/mol. The van der Waals surface area contributed by atoms with Gasteiger partial charge in [0.15, 0.2) is 11.6 Å². The van der Waals surface area contributed by atoms with Crippen molar-refractivity contribution in [2.45, 2.75) is 25.8 Å². The number of halogens is 1. The molecule has 3 nitrogen and oxygen atoms in total. The molecule has 17 heavy (non-hydrogen) atoms. The van der Waals surface area contributed by atoms with Crippen molar-refractivity contribution in [1.29, 1.82) is 0 Å². The number of nitrogens with one attached hydrogen (secondary N) is 1. The van der Waals surface area contributed by atoms with Gasteiger partial charge in [-0.25, -0.2) is 4.39 Å². The van der Waals surface area contributed by atoms with Crippen LogP contribution in [0.4, 0.5) is 4.39 Å². The number of rotatable bonds is 8. The van der Waals surface area contributed by atoms with Gasteiger partial charge >= 0.3 is 0 Å². The minimum absolute atomic E-state index is 0.0155. The molecule has 0 heterocycles. The Bertz CT molecular complexity index is 320. The van der Waals surface area contributed by atoms with Crippen molar-refractivity contribution < 1.29 is 14.2 Å². The molecule has 0 aliphatic heterocycles. The summed E-state index contributed by atoms with van der Waals surface area (Å²) in [6.07, 6.45) is 1.68. The lowest BCUT2D eigenvalue weighted by atomic mass is 10.2. The van der Waals surface area contributed by atoms with Gasteiger partial charge in [-0.3, -0.25) is 0 Å². The van der Waals surface area contributed by atoms with E-state index in [4.69, 9.17) is 9.84 Å². The van der Waals surface area contributed by atoms with E-state index in [1.807, 2.05) is 0 Å². The van der Waals surface area contributed by atoms with E-state index in [2.05, 4.69) is 12.2 Å². The zero-order chi connectivity index (χ0) is 12.5. The van der Waals surface area contributed by atoms with Crippen LogP contribution in [0.1, 0.15) is 19.8 Å². The molecule has 4 heteroatoms. The maximum atomic E-state index is 13.2. The van der Waals surface area contributed by atoms with Crippen molar-refractivity contribution in [1.82, 2.24) is 5.32 Å². The van der Waals surface area contributed by atoms with Crippen LogP contribution in [0.25, 0.3) is 0 Å². The van der Waals surface area contributed by atoms with Crippen molar-refractivity contribution in [3.63, 3.8) is 0 Å². The Balaban J connectivity index is 2.28. The first-order valence-corrected chi connectivity index (χ1v) is 5.99. The fourth-order valence-corrected chi connectivity index (χ4v) is 1.48. The summed E-state index contributed by atoms with van der Waals surface area (Å²) >= 11 is 0. The van der Waals surface area contributed by atoms with Crippen molar-refractivity contribution in [3.05, 3.63) is 30.1 Å². The molecule has 0 spiro atoms. The third-order valence-corrected chi connectivity index (χ3v) is 2.46. The molecule has 0 fully saturated rings. The highest BCUT2D eigenvalue weighted by molar-refractivity contribution is 5.23. The van der Waals surface area contributed by atoms with E-state index in [-0.39, 0.29) is 24.2 Å². The number of aliphatic hydroxyl groups is 1. The predicted molar refractivity (Wildman–Crippen MR) is 65.7 cm³/mol. The van der Waals surface area contributed by atoms with E-state index in [9.17, 15) is 4.39 Å². The van der Waals surface area contributed by atoms with Gasteiger partial charge in [0.05, 0.1) is 13.2 Å². The topological polar surface area (TPSA) is 41.5 Å². The van der Waals surface area contributed by atoms with E-state index in [0.29, 0.717) is 13.0 Å². The lowest BCUT2D eigenvalue weighted by Gasteiger charge is -2.16. The summed E-state index contributed by atoms with van der Waals surface area (Å²) in [6.45, 7) is 3.39. The number of aliphatic hydroxyl groups excluding tert-OH is 1. The molecule has 1 rings (SSSR count). The largest absolute Gasteiger partial charge is 0.490 e. The van der Waals surface area contributed by atoms with Crippen LogP contribution < -0.4 is 10.1 Å². The fraction of sp³-hybridized carbons (Fsp3) is 0.538. The molecular formula is C13H20FNO2. The molecule has 0 saturated carbocycles. The smallest absolute Gasteiger partial charge is 0.165 e. The van der Waals surface area contributed by atoms with Gasteiger partial charge in [0.25, 0.3) is 0 Å². The molecule has 96 valence electrons. The van der Waals surface area contributed by atoms with Crippen LogP contribution in [0.5, 0.6) is 5.75 Å². The summed E-state index contributed by atoms with van der Waals surface area (Å²) in [7, 11) is 0. The molecule has 0 aromatic heterocycles. The first-order chi connectivity index (χ1) is 8.27. The van der Waals surface area contributed by atoms with Crippen LogP contribution in [0, 0.1) is 5.82 Å². The molecule has 2 N–H and O–H groups in total. The molecule has 0 aliphatic rings. The second-order valence-corrected chi connectivity index (χ2v) is 3.90. The summed E-state index contributed by atoms with van der Waals surface area (Å²) in [6, 6.07) is 6.34. The average molecular weight is 241 g/mol. The SMILES string of the molecule is CCCNC(CO)CCOc1ccccc1F. The number of para-hydroxylation sites is 1. The maximum absolute atomic E-state index is 13.2. The van der Waals surface area contributed by atoms with Crippen LogP contribution in [0.2, 0.25) is 0 Å². The Morgan fingerprint density at radius 3 is 2.82 bits per heavy atom. The molecule has 1 atom stereocenters. The van der Waals surface area contributed by atoms with Gasteiger partial charge in [-0.2, -0.15) is 0 Å². The Kier molecular flexibility index (Phi) is 6.58. The quantitative estimate of drug-likeness (QED) is 0.731. The first-order valence-electron chi connectivity index (χ1n) is 5.99. The Labute approximate surface area is 102 Å². The van der Waals surface area contributed by atoms with Crippen LogP contribution in [0.3, 0.4) is 0 Å². The fourth-order valence-electron chi connectivity index (χ4n) is 1.48. The minimum atomic E-state index is -0.352. The van der Waals surface area contributed by atoms with E-state index in [1.165, 1.54) is 6.07 Å². The third kappa shape index (κ3) is 5.15. The zero-order valence-corrected chi connectivity index (χ0v) is 10.2. The molecule has 0 bridgehead atoms. The second kappa shape index (κ2) is 8.03. The van der Waals surface area contributed by atoms with Gasteiger partial charge in [0.1, 0.15) is 0 Å². The highest BCUT2D eigenvalue weighted by Crippen LogP contribution is 2.15. The lowest BCUT2D eigenvalue weighted by molar-refractivity contribution is 0.206. The standard InChI is InChI=1S/C13H20FNO2/c1-2-8-15-11(10-16)7-9-17-13-6-4-3-5-12(13)14/h3-6,11,15-16H,2,7-10H2,1H3. The molecule has 1 aromatic carbocycles. The normalized spacial score (nSPS) is 12.4. The van der Waals surface area contributed by atoms with E-state index in [0.717, 1.165) is 13.0 Å². The van der Waals surface area contributed by atoms with Gasteiger partial charge in [-0.1, -0.05) is 19.1 Å². The van der Waals surface area contributed by atoms with Gasteiger partial charge in [0.2, 0.25) is 0 Å². The summed E-state index contributed by atoms with van der Waals surface area (Å²) in [5.41, 5.74) is 0. The predicted octanol–water partition coefficient (Wildman–Crippen LogP) is 1.96. The molecule has 0 saturated heterocycles.